The Kier molecular flexibility index (Phi) is 5.50. The SMILES string of the molecule is CCN1CCN(c2nc(C3=C(c4cn(C)c5ccccc45)C(=O)NC3=O)c3cc(Cl)ccc3n2)CC1. The minimum Gasteiger partial charge on any atom is -0.350 e. The standard InChI is InChI=1S/C27H25ClN6O2/c1-3-33-10-12-34(13-11-33)27-29-20-9-8-16(28)14-18(20)24(30-27)23-22(25(35)31-26(23)36)19-15-32(2)21-7-5-4-6-17(19)21/h4-9,14-15H,3,10-13H2,1-2H3,(H,31,35,36). The molecule has 0 spiro atoms. The molecule has 1 fully saturated rings. The van der Waals surface area contributed by atoms with Gasteiger partial charge in [-0.1, -0.05) is 36.7 Å². The second-order valence-corrected chi connectivity index (χ2v) is 9.60. The number of para-hydroxylation sites is 1. The van der Waals surface area contributed by atoms with Gasteiger partial charge in [-0.05, 0) is 30.8 Å². The summed E-state index contributed by atoms with van der Waals surface area (Å²) in [5.74, 6) is -0.351. The number of fused-ring (bicyclic) bond motifs is 2. The summed E-state index contributed by atoms with van der Waals surface area (Å²) >= 11 is 6.36. The Morgan fingerprint density at radius 2 is 1.69 bits per heavy atom. The van der Waals surface area contributed by atoms with Crippen molar-refractivity contribution in [2.45, 2.75) is 6.92 Å². The molecule has 182 valence electrons. The zero-order chi connectivity index (χ0) is 25.0. The molecule has 36 heavy (non-hydrogen) atoms. The van der Waals surface area contributed by atoms with Crippen LogP contribution in [0.1, 0.15) is 18.2 Å². The molecule has 2 amide bonds. The number of amides is 2. The van der Waals surface area contributed by atoms with Crippen molar-refractivity contribution in [3.8, 4) is 0 Å². The number of aromatic nitrogens is 3. The van der Waals surface area contributed by atoms with Crippen molar-refractivity contribution in [3.05, 3.63) is 64.9 Å². The molecule has 2 aromatic heterocycles. The zero-order valence-electron chi connectivity index (χ0n) is 20.1. The van der Waals surface area contributed by atoms with E-state index in [-0.39, 0.29) is 5.57 Å². The second-order valence-electron chi connectivity index (χ2n) is 9.16. The third-order valence-corrected chi connectivity index (χ3v) is 7.32. The van der Waals surface area contributed by atoms with E-state index in [0.29, 0.717) is 38.7 Å². The molecule has 2 aromatic carbocycles. The Morgan fingerprint density at radius 1 is 0.944 bits per heavy atom. The molecule has 1 saturated heterocycles. The number of carbonyl (C=O) groups is 2. The van der Waals surface area contributed by atoms with Crippen molar-refractivity contribution in [1.82, 2.24) is 24.8 Å². The topological polar surface area (TPSA) is 83.4 Å². The molecule has 9 heteroatoms. The molecule has 0 aliphatic carbocycles. The van der Waals surface area contributed by atoms with E-state index in [2.05, 4.69) is 22.0 Å². The predicted octanol–water partition coefficient (Wildman–Crippen LogP) is 3.48. The number of halogens is 1. The number of piperazine rings is 1. The van der Waals surface area contributed by atoms with Crippen LogP contribution >= 0.6 is 11.6 Å². The van der Waals surface area contributed by atoms with E-state index >= 15 is 0 Å². The van der Waals surface area contributed by atoms with Crippen molar-refractivity contribution >= 4 is 62.3 Å². The van der Waals surface area contributed by atoms with Crippen molar-refractivity contribution in [2.75, 3.05) is 37.6 Å². The maximum absolute atomic E-state index is 13.3. The Labute approximate surface area is 213 Å². The first-order valence-electron chi connectivity index (χ1n) is 12.0. The molecule has 4 heterocycles. The fourth-order valence-corrected chi connectivity index (χ4v) is 5.34. The number of likely N-dealkylation sites (N-methyl/N-ethyl adjacent to an activating group) is 1. The van der Waals surface area contributed by atoms with E-state index in [4.69, 9.17) is 21.6 Å². The highest BCUT2D eigenvalue weighted by Crippen LogP contribution is 2.38. The number of nitrogens with zero attached hydrogens (tertiary/aromatic N) is 5. The van der Waals surface area contributed by atoms with Crippen LogP contribution in [0.5, 0.6) is 0 Å². The summed E-state index contributed by atoms with van der Waals surface area (Å²) in [4.78, 5) is 40.7. The van der Waals surface area contributed by atoms with E-state index in [1.54, 1.807) is 12.1 Å². The van der Waals surface area contributed by atoms with Crippen LogP contribution in [0.25, 0.3) is 33.0 Å². The van der Waals surface area contributed by atoms with E-state index in [0.717, 1.165) is 43.6 Å². The van der Waals surface area contributed by atoms with Crippen LogP contribution in [0, 0.1) is 0 Å². The maximum Gasteiger partial charge on any atom is 0.261 e. The van der Waals surface area contributed by atoms with Crippen molar-refractivity contribution in [3.63, 3.8) is 0 Å². The molecule has 2 aliphatic heterocycles. The van der Waals surface area contributed by atoms with Crippen LogP contribution < -0.4 is 10.2 Å². The maximum atomic E-state index is 13.3. The molecule has 6 rings (SSSR count). The van der Waals surface area contributed by atoms with Gasteiger partial charge in [-0.2, -0.15) is 0 Å². The molecule has 0 bridgehead atoms. The van der Waals surface area contributed by atoms with Crippen LogP contribution in [0.4, 0.5) is 5.95 Å². The lowest BCUT2D eigenvalue weighted by atomic mass is 9.97. The number of carbonyl (C=O) groups excluding carboxylic acids is 2. The van der Waals surface area contributed by atoms with Gasteiger partial charge >= 0.3 is 0 Å². The molecule has 0 unspecified atom stereocenters. The molecule has 2 aliphatic rings. The van der Waals surface area contributed by atoms with Crippen LogP contribution in [-0.2, 0) is 16.6 Å². The van der Waals surface area contributed by atoms with Gasteiger partial charge in [-0.15, -0.1) is 0 Å². The van der Waals surface area contributed by atoms with Crippen molar-refractivity contribution in [2.24, 2.45) is 7.05 Å². The Balaban J connectivity index is 1.60. The number of hydrogen-bond acceptors (Lipinski definition) is 6. The van der Waals surface area contributed by atoms with E-state index in [1.165, 1.54) is 0 Å². The summed E-state index contributed by atoms with van der Waals surface area (Å²) in [6.45, 7) is 6.55. The first kappa shape index (κ1) is 22.7. The second kappa shape index (κ2) is 8.72. The fraction of sp³-hybridized carbons (Fsp3) is 0.259. The highest BCUT2D eigenvalue weighted by molar-refractivity contribution is 6.50. The van der Waals surface area contributed by atoms with Gasteiger partial charge in [-0.3, -0.25) is 14.9 Å². The van der Waals surface area contributed by atoms with Gasteiger partial charge < -0.3 is 14.4 Å². The zero-order valence-corrected chi connectivity index (χ0v) is 20.8. The quantitative estimate of drug-likeness (QED) is 0.432. The van der Waals surface area contributed by atoms with Crippen LogP contribution in [-0.4, -0.2) is 64.0 Å². The third-order valence-electron chi connectivity index (χ3n) is 7.08. The number of hydrogen-bond donors (Lipinski definition) is 1. The molecular weight excluding hydrogens is 476 g/mol. The molecule has 0 atom stereocenters. The largest absolute Gasteiger partial charge is 0.350 e. The van der Waals surface area contributed by atoms with Crippen molar-refractivity contribution < 1.29 is 9.59 Å². The highest BCUT2D eigenvalue weighted by Gasteiger charge is 2.36. The van der Waals surface area contributed by atoms with Gasteiger partial charge in [0.05, 0.1) is 22.4 Å². The summed E-state index contributed by atoms with van der Waals surface area (Å²) in [6.07, 6.45) is 1.89. The number of imide groups is 1. The average molecular weight is 501 g/mol. The number of anilines is 1. The summed E-state index contributed by atoms with van der Waals surface area (Å²) in [6, 6.07) is 13.2. The van der Waals surface area contributed by atoms with Gasteiger partial charge in [0.2, 0.25) is 5.95 Å². The van der Waals surface area contributed by atoms with E-state index in [9.17, 15) is 9.59 Å². The number of nitrogens with one attached hydrogen (secondary N) is 1. The number of rotatable bonds is 4. The predicted molar refractivity (Wildman–Crippen MR) is 142 cm³/mol. The molecule has 8 nitrogen and oxygen atoms in total. The van der Waals surface area contributed by atoms with Gasteiger partial charge in [0.1, 0.15) is 0 Å². The lowest BCUT2D eigenvalue weighted by Crippen LogP contribution is -2.46. The normalized spacial score (nSPS) is 17.0. The molecular formula is C27H25ClN6O2. The summed E-state index contributed by atoms with van der Waals surface area (Å²) in [5.41, 5.74) is 3.32. The van der Waals surface area contributed by atoms with Crippen LogP contribution in [0.2, 0.25) is 5.02 Å². The summed E-state index contributed by atoms with van der Waals surface area (Å²) < 4.78 is 1.96. The Bertz CT molecular complexity index is 1580. The third kappa shape index (κ3) is 3.65. The molecule has 1 N–H and O–H groups in total. The first-order chi connectivity index (χ1) is 17.4. The average Bonchev–Trinajstić information content (AvgIpc) is 3.38. The first-order valence-corrected chi connectivity index (χ1v) is 12.4. The molecule has 4 aromatic rings. The summed E-state index contributed by atoms with van der Waals surface area (Å²) in [5, 5.41) is 4.54. The lowest BCUT2D eigenvalue weighted by molar-refractivity contribution is -0.122. The van der Waals surface area contributed by atoms with Gasteiger partial charge in [0, 0.05) is 66.3 Å². The highest BCUT2D eigenvalue weighted by atomic mass is 35.5. The van der Waals surface area contributed by atoms with Crippen molar-refractivity contribution in [1.29, 1.82) is 0 Å². The van der Waals surface area contributed by atoms with Crippen LogP contribution in [0.15, 0.2) is 48.7 Å². The molecule has 0 saturated carbocycles. The van der Waals surface area contributed by atoms with E-state index in [1.807, 2.05) is 48.1 Å². The van der Waals surface area contributed by atoms with Gasteiger partial charge in [0.25, 0.3) is 11.8 Å². The van der Waals surface area contributed by atoms with Crippen LogP contribution in [0.3, 0.4) is 0 Å². The summed E-state index contributed by atoms with van der Waals surface area (Å²) in [7, 11) is 1.93. The minimum atomic E-state index is -0.468. The lowest BCUT2D eigenvalue weighted by Gasteiger charge is -2.34. The number of aryl methyl sites for hydroxylation is 1. The monoisotopic (exact) mass is 500 g/mol. The Hall–Kier alpha value is -3.75. The molecule has 0 radical (unpaired) electrons. The Morgan fingerprint density at radius 3 is 2.47 bits per heavy atom. The smallest absolute Gasteiger partial charge is 0.261 e. The van der Waals surface area contributed by atoms with E-state index < -0.39 is 11.8 Å². The van der Waals surface area contributed by atoms with Gasteiger partial charge in [-0.25, -0.2) is 9.97 Å². The fourth-order valence-electron chi connectivity index (χ4n) is 5.16. The number of benzene rings is 2. The minimum absolute atomic E-state index is 0.250. The van der Waals surface area contributed by atoms with Gasteiger partial charge in [0.15, 0.2) is 0 Å².